The zero-order valence-electron chi connectivity index (χ0n) is 12.9. The van der Waals surface area contributed by atoms with Gasteiger partial charge in [0, 0.05) is 24.2 Å². The Kier molecular flexibility index (Phi) is 5.55. The molecule has 1 aliphatic heterocycles. The van der Waals surface area contributed by atoms with Crippen LogP contribution in [0.1, 0.15) is 28.1 Å². The smallest absolute Gasteiger partial charge is 0.335 e. The molecule has 8 heteroatoms. The normalized spacial score (nSPS) is 17.0. The van der Waals surface area contributed by atoms with Crippen LogP contribution in [0.2, 0.25) is 4.47 Å². The van der Waals surface area contributed by atoms with E-state index in [-0.39, 0.29) is 11.7 Å². The molecule has 1 aliphatic rings. The van der Waals surface area contributed by atoms with Gasteiger partial charge in [0.2, 0.25) is 0 Å². The lowest BCUT2D eigenvalue weighted by molar-refractivity contribution is 0.0697. The van der Waals surface area contributed by atoms with E-state index in [1.54, 1.807) is 24.4 Å². The van der Waals surface area contributed by atoms with Crippen molar-refractivity contribution in [3.63, 3.8) is 0 Å². The highest BCUT2D eigenvalue weighted by molar-refractivity contribution is 7.15. The molecule has 0 aliphatic carbocycles. The number of nitrogens with zero attached hydrogens (tertiary/aromatic N) is 1. The second-order valence-electron chi connectivity index (χ2n) is 5.51. The first-order valence-corrected chi connectivity index (χ1v) is 8.88. The Hall–Kier alpha value is -1.83. The van der Waals surface area contributed by atoms with Crippen molar-refractivity contribution in [1.29, 1.82) is 0 Å². The van der Waals surface area contributed by atoms with Crippen LogP contribution in [0, 0.1) is 0 Å². The van der Waals surface area contributed by atoms with Crippen LogP contribution >= 0.6 is 22.9 Å². The number of benzene rings is 1. The summed E-state index contributed by atoms with van der Waals surface area (Å²) in [5, 5.41) is 15.8. The van der Waals surface area contributed by atoms with Crippen molar-refractivity contribution in [1.82, 2.24) is 4.98 Å². The summed E-state index contributed by atoms with van der Waals surface area (Å²) < 4.78 is 6.10. The molecule has 1 aromatic carbocycles. The Morgan fingerprint density at radius 2 is 2.29 bits per heavy atom. The monoisotopic (exact) mass is 367 g/mol. The summed E-state index contributed by atoms with van der Waals surface area (Å²) >= 11 is 7.23. The van der Waals surface area contributed by atoms with Gasteiger partial charge < -0.3 is 20.5 Å². The van der Waals surface area contributed by atoms with Crippen LogP contribution in [0.5, 0.6) is 0 Å². The number of ether oxygens (including phenoxy) is 1. The molecule has 24 heavy (non-hydrogen) atoms. The number of hydrogen-bond donors (Lipinski definition) is 3. The average molecular weight is 368 g/mol. The summed E-state index contributed by atoms with van der Waals surface area (Å²) in [6.45, 7) is 2.04. The summed E-state index contributed by atoms with van der Waals surface area (Å²) in [5.41, 5.74) is 1.83. The number of aromatic nitrogens is 1. The lowest BCUT2D eigenvalue weighted by atomic mass is 10.1. The third kappa shape index (κ3) is 4.37. The van der Waals surface area contributed by atoms with Crippen LogP contribution in [0.15, 0.2) is 24.4 Å². The third-order valence-corrected chi connectivity index (χ3v) is 4.90. The summed E-state index contributed by atoms with van der Waals surface area (Å²) in [6.07, 6.45) is 4.04. The molecule has 2 aromatic rings. The highest BCUT2D eigenvalue weighted by Gasteiger charge is 2.16. The number of aromatic carboxylic acids is 1. The quantitative estimate of drug-likeness (QED) is 0.692. The van der Waals surface area contributed by atoms with Crippen molar-refractivity contribution in [3.05, 3.63) is 39.3 Å². The second-order valence-corrected chi connectivity index (χ2v) is 7.21. The van der Waals surface area contributed by atoms with Gasteiger partial charge in [-0.15, -0.1) is 11.3 Å². The molecule has 1 saturated heterocycles. The summed E-state index contributed by atoms with van der Waals surface area (Å²) in [4.78, 5) is 16.2. The van der Waals surface area contributed by atoms with E-state index in [9.17, 15) is 9.90 Å². The SMILES string of the molecule is O=C(O)c1ccc(NCC2CCCO2)c(NCc2cnc(Cl)s2)c1. The van der Waals surface area contributed by atoms with Gasteiger partial charge in [-0.1, -0.05) is 11.6 Å². The number of anilines is 2. The molecule has 0 radical (unpaired) electrons. The van der Waals surface area contributed by atoms with Crippen molar-refractivity contribution in [2.24, 2.45) is 0 Å². The fraction of sp³-hybridized carbons (Fsp3) is 0.375. The number of halogens is 1. The zero-order chi connectivity index (χ0) is 16.9. The van der Waals surface area contributed by atoms with Gasteiger partial charge in [0.15, 0.2) is 4.47 Å². The topological polar surface area (TPSA) is 83.5 Å². The molecule has 3 N–H and O–H groups in total. The number of nitrogens with one attached hydrogen (secondary N) is 2. The first kappa shape index (κ1) is 17.0. The summed E-state index contributed by atoms with van der Waals surface area (Å²) in [7, 11) is 0. The third-order valence-electron chi connectivity index (χ3n) is 3.79. The van der Waals surface area contributed by atoms with Crippen molar-refractivity contribution in [2.45, 2.75) is 25.5 Å². The molecule has 2 heterocycles. The zero-order valence-corrected chi connectivity index (χ0v) is 14.5. The van der Waals surface area contributed by atoms with E-state index in [0.29, 0.717) is 17.6 Å². The average Bonchev–Trinajstić information content (AvgIpc) is 3.22. The van der Waals surface area contributed by atoms with Crippen LogP contribution in [-0.2, 0) is 11.3 Å². The molecule has 0 bridgehead atoms. The van der Waals surface area contributed by atoms with Gasteiger partial charge in [0.25, 0.3) is 0 Å². The van der Waals surface area contributed by atoms with Gasteiger partial charge >= 0.3 is 5.97 Å². The largest absolute Gasteiger partial charge is 0.478 e. The Morgan fingerprint density at radius 1 is 1.42 bits per heavy atom. The van der Waals surface area contributed by atoms with Crippen molar-refractivity contribution < 1.29 is 14.6 Å². The van der Waals surface area contributed by atoms with E-state index < -0.39 is 5.97 Å². The molecule has 128 valence electrons. The predicted octanol–water partition coefficient (Wildman–Crippen LogP) is 3.70. The van der Waals surface area contributed by atoms with Gasteiger partial charge in [-0.3, -0.25) is 0 Å². The van der Waals surface area contributed by atoms with Crippen LogP contribution in [-0.4, -0.2) is 35.3 Å². The highest BCUT2D eigenvalue weighted by Crippen LogP contribution is 2.26. The van der Waals surface area contributed by atoms with Gasteiger partial charge in [-0.05, 0) is 31.0 Å². The number of carbonyl (C=O) groups is 1. The van der Waals surface area contributed by atoms with E-state index in [2.05, 4.69) is 15.6 Å². The Labute approximate surface area is 148 Å². The van der Waals surface area contributed by atoms with Crippen LogP contribution in [0.3, 0.4) is 0 Å². The minimum absolute atomic E-state index is 0.206. The van der Waals surface area contributed by atoms with Gasteiger partial charge in [-0.25, -0.2) is 9.78 Å². The summed E-state index contributed by atoms with van der Waals surface area (Å²) in [6, 6.07) is 5.00. The maximum absolute atomic E-state index is 11.2. The molecule has 3 rings (SSSR count). The second kappa shape index (κ2) is 7.83. The number of hydrogen-bond acceptors (Lipinski definition) is 6. The molecule has 1 aromatic heterocycles. The standard InChI is InChI=1S/C16H18ClN3O3S/c17-16-20-9-12(24-16)8-19-14-6-10(15(21)22)3-4-13(14)18-7-11-2-1-5-23-11/h3-4,6,9,11,18-19H,1-2,5,7-8H2,(H,21,22). The van der Waals surface area contributed by atoms with Crippen LogP contribution in [0.4, 0.5) is 11.4 Å². The van der Waals surface area contributed by atoms with Crippen molar-refractivity contribution >= 4 is 40.3 Å². The number of thiazole rings is 1. The van der Waals surface area contributed by atoms with Crippen LogP contribution < -0.4 is 10.6 Å². The number of carboxylic acids is 1. The van der Waals surface area contributed by atoms with Crippen molar-refractivity contribution in [2.75, 3.05) is 23.8 Å². The Bertz CT molecular complexity index is 716. The van der Waals surface area contributed by atoms with Gasteiger partial charge in [0.1, 0.15) is 0 Å². The molecule has 1 atom stereocenters. The highest BCUT2D eigenvalue weighted by atomic mass is 35.5. The van der Waals surface area contributed by atoms with E-state index in [1.165, 1.54) is 11.3 Å². The minimum Gasteiger partial charge on any atom is -0.478 e. The lowest BCUT2D eigenvalue weighted by Gasteiger charge is -2.16. The first-order valence-electron chi connectivity index (χ1n) is 7.69. The Morgan fingerprint density at radius 3 is 2.96 bits per heavy atom. The first-order chi connectivity index (χ1) is 11.6. The molecule has 1 fully saturated rings. The molecule has 0 spiro atoms. The Balaban J connectivity index is 1.71. The maximum atomic E-state index is 11.2. The van der Waals surface area contributed by atoms with Crippen LogP contribution in [0.25, 0.3) is 0 Å². The molecule has 6 nitrogen and oxygen atoms in total. The molecular weight excluding hydrogens is 350 g/mol. The number of carboxylic acid groups (broad SMARTS) is 1. The molecular formula is C16H18ClN3O3S. The van der Waals surface area contributed by atoms with E-state index in [0.717, 1.165) is 35.7 Å². The van der Waals surface area contributed by atoms with E-state index in [4.69, 9.17) is 16.3 Å². The van der Waals surface area contributed by atoms with E-state index in [1.807, 2.05) is 0 Å². The molecule has 0 saturated carbocycles. The predicted molar refractivity (Wildman–Crippen MR) is 95.3 cm³/mol. The minimum atomic E-state index is -0.954. The lowest BCUT2D eigenvalue weighted by Crippen LogP contribution is -2.19. The summed E-state index contributed by atoms with van der Waals surface area (Å²) in [5.74, 6) is -0.954. The number of rotatable bonds is 7. The fourth-order valence-corrected chi connectivity index (χ4v) is 3.47. The maximum Gasteiger partial charge on any atom is 0.335 e. The molecule has 0 amide bonds. The van der Waals surface area contributed by atoms with Gasteiger partial charge in [-0.2, -0.15) is 0 Å². The fourth-order valence-electron chi connectivity index (χ4n) is 2.55. The van der Waals surface area contributed by atoms with Crippen molar-refractivity contribution in [3.8, 4) is 0 Å². The molecule has 1 unspecified atom stereocenters. The van der Waals surface area contributed by atoms with Gasteiger partial charge in [0.05, 0.1) is 29.6 Å². The van der Waals surface area contributed by atoms with E-state index >= 15 is 0 Å².